The minimum absolute atomic E-state index is 0.0902. The molecule has 0 atom stereocenters. The maximum absolute atomic E-state index is 8.77. The van der Waals surface area contributed by atoms with Crippen LogP contribution in [0.4, 0.5) is 0 Å². The van der Waals surface area contributed by atoms with E-state index in [-0.39, 0.29) is 11.7 Å². The van der Waals surface area contributed by atoms with E-state index in [1.807, 2.05) is 0 Å². The number of aryl methyl sites for hydroxylation is 1. The standard InChI is InChI=1S/C13H11Cl2N3O2/c1-7-2-4-9(12(16)18-19)13(17-7)20-8-3-5-10(14)11(15)6-8/h2-6,19H,1H3,(H2,16,18). The van der Waals surface area contributed by atoms with Gasteiger partial charge in [-0.2, -0.15) is 0 Å². The third-order valence-electron chi connectivity index (χ3n) is 2.49. The molecule has 1 heterocycles. The van der Waals surface area contributed by atoms with E-state index in [0.29, 0.717) is 21.4 Å². The molecular formula is C13H11Cl2N3O2. The summed E-state index contributed by atoms with van der Waals surface area (Å²) in [5.41, 5.74) is 6.70. The molecule has 20 heavy (non-hydrogen) atoms. The van der Waals surface area contributed by atoms with E-state index in [9.17, 15) is 0 Å². The summed E-state index contributed by atoms with van der Waals surface area (Å²) in [5.74, 6) is 0.579. The maximum Gasteiger partial charge on any atom is 0.230 e. The van der Waals surface area contributed by atoms with Crippen LogP contribution in [0.15, 0.2) is 35.5 Å². The van der Waals surface area contributed by atoms with Crippen molar-refractivity contribution in [3.05, 3.63) is 51.6 Å². The predicted octanol–water partition coefficient (Wildman–Crippen LogP) is 3.58. The van der Waals surface area contributed by atoms with E-state index < -0.39 is 0 Å². The van der Waals surface area contributed by atoms with Crippen molar-refractivity contribution in [2.45, 2.75) is 6.92 Å². The van der Waals surface area contributed by atoms with Crippen LogP contribution in [0, 0.1) is 6.92 Å². The third kappa shape index (κ3) is 3.12. The molecule has 0 fully saturated rings. The first-order valence-corrected chi connectivity index (χ1v) is 6.35. The Balaban J connectivity index is 2.41. The second-order valence-corrected chi connectivity index (χ2v) is 4.78. The zero-order valence-corrected chi connectivity index (χ0v) is 12.0. The smallest absolute Gasteiger partial charge is 0.230 e. The van der Waals surface area contributed by atoms with Crippen LogP contribution in [-0.4, -0.2) is 16.0 Å². The van der Waals surface area contributed by atoms with Gasteiger partial charge in [-0.1, -0.05) is 28.4 Å². The van der Waals surface area contributed by atoms with Crippen molar-refractivity contribution < 1.29 is 9.94 Å². The lowest BCUT2D eigenvalue weighted by Gasteiger charge is -2.10. The Bertz CT molecular complexity index is 675. The van der Waals surface area contributed by atoms with Crippen LogP contribution in [0.1, 0.15) is 11.3 Å². The Kier molecular flexibility index (Phi) is 4.32. The van der Waals surface area contributed by atoms with Gasteiger partial charge in [-0.15, -0.1) is 0 Å². The van der Waals surface area contributed by atoms with Gasteiger partial charge < -0.3 is 15.7 Å². The molecule has 2 rings (SSSR count). The van der Waals surface area contributed by atoms with Gasteiger partial charge in [-0.05, 0) is 31.2 Å². The van der Waals surface area contributed by atoms with E-state index in [4.69, 9.17) is 38.9 Å². The lowest BCUT2D eigenvalue weighted by Crippen LogP contribution is -2.15. The lowest BCUT2D eigenvalue weighted by atomic mass is 10.2. The Morgan fingerprint density at radius 1 is 1.25 bits per heavy atom. The summed E-state index contributed by atoms with van der Waals surface area (Å²) in [6.45, 7) is 1.80. The van der Waals surface area contributed by atoms with E-state index in [1.165, 1.54) is 0 Å². The fraction of sp³-hybridized carbons (Fsp3) is 0.0769. The first-order valence-electron chi connectivity index (χ1n) is 5.59. The Morgan fingerprint density at radius 3 is 2.65 bits per heavy atom. The highest BCUT2D eigenvalue weighted by atomic mass is 35.5. The van der Waals surface area contributed by atoms with Crippen molar-refractivity contribution in [2.75, 3.05) is 0 Å². The van der Waals surface area contributed by atoms with Gasteiger partial charge in [0.05, 0.1) is 15.6 Å². The SMILES string of the molecule is Cc1ccc(C(N)=NO)c(Oc2ccc(Cl)c(Cl)c2)n1. The molecule has 3 N–H and O–H groups in total. The summed E-state index contributed by atoms with van der Waals surface area (Å²) in [7, 11) is 0. The van der Waals surface area contributed by atoms with Gasteiger partial charge in [0.25, 0.3) is 0 Å². The normalized spacial score (nSPS) is 11.4. The van der Waals surface area contributed by atoms with Gasteiger partial charge in [0.2, 0.25) is 5.88 Å². The number of nitrogens with two attached hydrogens (primary N) is 1. The number of rotatable bonds is 3. The van der Waals surface area contributed by atoms with Gasteiger partial charge >= 0.3 is 0 Å². The number of oxime groups is 1. The predicted molar refractivity (Wildman–Crippen MR) is 78.0 cm³/mol. The molecule has 0 saturated carbocycles. The first kappa shape index (κ1) is 14.4. The van der Waals surface area contributed by atoms with Crippen LogP contribution in [0.3, 0.4) is 0 Å². The van der Waals surface area contributed by atoms with Crippen LogP contribution in [0.5, 0.6) is 11.6 Å². The molecule has 0 aliphatic rings. The second kappa shape index (κ2) is 5.98. The molecule has 1 aromatic carbocycles. The van der Waals surface area contributed by atoms with Gasteiger partial charge in [0.1, 0.15) is 5.75 Å². The van der Waals surface area contributed by atoms with Gasteiger partial charge in [0, 0.05) is 11.8 Å². The van der Waals surface area contributed by atoms with Crippen LogP contribution >= 0.6 is 23.2 Å². The second-order valence-electron chi connectivity index (χ2n) is 3.97. The number of nitrogens with zero attached hydrogens (tertiary/aromatic N) is 2. The van der Waals surface area contributed by atoms with Gasteiger partial charge in [0.15, 0.2) is 5.84 Å². The molecule has 0 spiro atoms. The van der Waals surface area contributed by atoms with E-state index in [2.05, 4.69) is 10.1 Å². The number of hydrogen-bond donors (Lipinski definition) is 2. The highest BCUT2D eigenvalue weighted by Crippen LogP contribution is 2.30. The number of hydrogen-bond acceptors (Lipinski definition) is 4. The van der Waals surface area contributed by atoms with Gasteiger partial charge in [-0.3, -0.25) is 0 Å². The van der Waals surface area contributed by atoms with Crippen molar-refractivity contribution in [1.29, 1.82) is 0 Å². The maximum atomic E-state index is 8.77. The molecule has 7 heteroatoms. The molecule has 0 aliphatic carbocycles. The summed E-state index contributed by atoms with van der Waals surface area (Å²) in [6, 6.07) is 8.20. The zero-order chi connectivity index (χ0) is 14.7. The van der Waals surface area contributed by atoms with E-state index in [1.54, 1.807) is 37.3 Å². The summed E-state index contributed by atoms with van der Waals surface area (Å²) in [5, 5.41) is 12.5. The highest BCUT2D eigenvalue weighted by molar-refractivity contribution is 6.42. The van der Waals surface area contributed by atoms with Crippen molar-refractivity contribution in [3.8, 4) is 11.6 Å². The fourth-order valence-electron chi connectivity index (χ4n) is 1.51. The molecule has 1 aromatic heterocycles. The Hall–Kier alpha value is -1.98. The molecular weight excluding hydrogens is 301 g/mol. The molecule has 2 aromatic rings. The summed E-state index contributed by atoms with van der Waals surface area (Å²) in [4.78, 5) is 4.22. The van der Waals surface area contributed by atoms with Crippen LogP contribution in [-0.2, 0) is 0 Å². The molecule has 0 amide bonds. The molecule has 5 nitrogen and oxygen atoms in total. The number of benzene rings is 1. The van der Waals surface area contributed by atoms with Crippen molar-refractivity contribution >= 4 is 29.0 Å². The topological polar surface area (TPSA) is 80.7 Å². The average Bonchev–Trinajstić information content (AvgIpc) is 2.42. The summed E-state index contributed by atoms with van der Waals surface area (Å²) < 4.78 is 5.62. The van der Waals surface area contributed by atoms with Crippen molar-refractivity contribution in [2.24, 2.45) is 10.9 Å². The molecule has 0 bridgehead atoms. The highest BCUT2D eigenvalue weighted by Gasteiger charge is 2.12. The zero-order valence-electron chi connectivity index (χ0n) is 10.5. The summed E-state index contributed by atoms with van der Waals surface area (Å²) in [6.07, 6.45) is 0. The summed E-state index contributed by atoms with van der Waals surface area (Å²) >= 11 is 11.8. The molecule has 0 radical (unpaired) electrons. The largest absolute Gasteiger partial charge is 0.438 e. The Morgan fingerprint density at radius 2 is 2.00 bits per heavy atom. The molecule has 0 unspecified atom stereocenters. The first-order chi connectivity index (χ1) is 9.51. The van der Waals surface area contributed by atoms with E-state index >= 15 is 0 Å². The minimum Gasteiger partial charge on any atom is -0.438 e. The molecule has 104 valence electrons. The average molecular weight is 312 g/mol. The van der Waals surface area contributed by atoms with Crippen molar-refractivity contribution in [3.63, 3.8) is 0 Å². The number of amidine groups is 1. The van der Waals surface area contributed by atoms with E-state index in [0.717, 1.165) is 5.69 Å². The van der Waals surface area contributed by atoms with Crippen LogP contribution in [0.2, 0.25) is 10.0 Å². The number of ether oxygens (including phenoxy) is 1. The molecule has 0 saturated heterocycles. The molecule has 0 aliphatic heterocycles. The fourth-order valence-corrected chi connectivity index (χ4v) is 1.80. The quantitative estimate of drug-likeness (QED) is 0.393. The lowest BCUT2D eigenvalue weighted by molar-refractivity contribution is 0.318. The number of aromatic nitrogens is 1. The Labute approximate surface area is 125 Å². The van der Waals surface area contributed by atoms with Crippen LogP contribution < -0.4 is 10.5 Å². The number of pyridine rings is 1. The van der Waals surface area contributed by atoms with Crippen LogP contribution in [0.25, 0.3) is 0 Å². The monoisotopic (exact) mass is 311 g/mol. The third-order valence-corrected chi connectivity index (χ3v) is 3.23. The minimum atomic E-state index is -0.0902. The van der Waals surface area contributed by atoms with Gasteiger partial charge in [-0.25, -0.2) is 4.98 Å². The van der Waals surface area contributed by atoms with Crippen molar-refractivity contribution in [1.82, 2.24) is 4.98 Å². The number of halogens is 2.